The van der Waals surface area contributed by atoms with E-state index in [9.17, 15) is 4.79 Å². The van der Waals surface area contributed by atoms with Crippen molar-refractivity contribution in [2.75, 3.05) is 14.2 Å². The summed E-state index contributed by atoms with van der Waals surface area (Å²) in [5.41, 5.74) is 1.10. The van der Waals surface area contributed by atoms with Crippen molar-refractivity contribution in [2.24, 2.45) is 0 Å². The van der Waals surface area contributed by atoms with E-state index >= 15 is 0 Å². The lowest BCUT2D eigenvalue weighted by Gasteiger charge is -2.10. The van der Waals surface area contributed by atoms with Gasteiger partial charge in [0.2, 0.25) is 0 Å². The highest BCUT2D eigenvalue weighted by Crippen LogP contribution is 2.33. The molecule has 0 saturated heterocycles. The zero-order valence-corrected chi connectivity index (χ0v) is 10.5. The molecule has 0 amide bonds. The topological polar surface area (TPSA) is 51.3 Å². The van der Waals surface area contributed by atoms with Gasteiger partial charge < -0.3 is 14.5 Å². The first kappa shape index (κ1) is 11.8. The summed E-state index contributed by atoms with van der Waals surface area (Å²) in [6.45, 7) is 1.80. The van der Waals surface area contributed by atoms with Crippen LogP contribution in [0.25, 0.3) is 10.9 Å². The minimum atomic E-state index is -0.302. The molecule has 17 heavy (non-hydrogen) atoms. The van der Waals surface area contributed by atoms with Gasteiger partial charge >= 0.3 is 0 Å². The van der Waals surface area contributed by atoms with E-state index < -0.39 is 0 Å². The van der Waals surface area contributed by atoms with E-state index in [4.69, 9.17) is 21.1 Å². The van der Waals surface area contributed by atoms with Gasteiger partial charge in [-0.3, -0.25) is 4.79 Å². The number of fused-ring (bicyclic) bond motifs is 1. The van der Waals surface area contributed by atoms with Crippen molar-refractivity contribution in [3.8, 4) is 11.5 Å². The van der Waals surface area contributed by atoms with Crippen molar-refractivity contribution in [1.29, 1.82) is 0 Å². The van der Waals surface area contributed by atoms with Crippen LogP contribution in [-0.4, -0.2) is 19.2 Å². The van der Waals surface area contributed by atoms with Gasteiger partial charge in [0.15, 0.2) is 11.5 Å². The van der Waals surface area contributed by atoms with Crippen LogP contribution in [-0.2, 0) is 0 Å². The van der Waals surface area contributed by atoms with Crippen molar-refractivity contribution >= 4 is 22.5 Å². The lowest BCUT2D eigenvalue weighted by Crippen LogP contribution is -2.08. The average molecular weight is 254 g/mol. The van der Waals surface area contributed by atoms with E-state index in [1.807, 2.05) is 0 Å². The SMILES string of the molecule is COc1cc2[nH]c(=O)c(Cl)c(C)c2cc1OC. The van der Waals surface area contributed by atoms with Crippen molar-refractivity contribution in [2.45, 2.75) is 6.92 Å². The Hall–Kier alpha value is -1.68. The largest absolute Gasteiger partial charge is 0.493 e. The highest BCUT2D eigenvalue weighted by atomic mass is 35.5. The summed E-state index contributed by atoms with van der Waals surface area (Å²) in [7, 11) is 3.11. The Balaban J connectivity index is 2.88. The van der Waals surface area contributed by atoms with Crippen LogP contribution in [0.3, 0.4) is 0 Å². The Morgan fingerprint density at radius 1 is 1.18 bits per heavy atom. The van der Waals surface area contributed by atoms with Crippen molar-refractivity contribution in [1.82, 2.24) is 4.98 Å². The van der Waals surface area contributed by atoms with Crippen LogP contribution in [0.15, 0.2) is 16.9 Å². The molecule has 0 radical (unpaired) electrons. The number of ether oxygens (including phenoxy) is 2. The second-order valence-corrected chi connectivity index (χ2v) is 4.02. The number of hydrogen-bond donors (Lipinski definition) is 1. The normalized spacial score (nSPS) is 10.6. The summed E-state index contributed by atoms with van der Waals surface area (Å²) in [5, 5.41) is 1.04. The van der Waals surface area contributed by atoms with Gasteiger partial charge in [-0.1, -0.05) is 11.6 Å². The van der Waals surface area contributed by atoms with E-state index in [0.29, 0.717) is 17.0 Å². The zero-order valence-electron chi connectivity index (χ0n) is 9.76. The third kappa shape index (κ3) is 1.85. The van der Waals surface area contributed by atoms with E-state index in [-0.39, 0.29) is 10.6 Å². The fourth-order valence-corrected chi connectivity index (χ4v) is 1.91. The summed E-state index contributed by atoms with van der Waals surface area (Å²) in [6.07, 6.45) is 0. The molecule has 90 valence electrons. The van der Waals surface area contributed by atoms with Crippen LogP contribution < -0.4 is 15.0 Å². The molecule has 4 nitrogen and oxygen atoms in total. The maximum absolute atomic E-state index is 11.5. The predicted molar refractivity (Wildman–Crippen MR) is 67.4 cm³/mol. The summed E-state index contributed by atoms with van der Waals surface area (Å²) >= 11 is 5.91. The summed E-state index contributed by atoms with van der Waals surface area (Å²) < 4.78 is 10.4. The molecule has 0 fully saturated rings. The van der Waals surface area contributed by atoms with Gasteiger partial charge in [-0.15, -0.1) is 0 Å². The highest BCUT2D eigenvalue weighted by Gasteiger charge is 2.11. The number of methoxy groups -OCH3 is 2. The fraction of sp³-hybridized carbons (Fsp3) is 0.250. The number of halogens is 1. The van der Waals surface area contributed by atoms with Crippen LogP contribution in [0.4, 0.5) is 0 Å². The number of hydrogen-bond acceptors (Lipinski definition) is 3. The minimum Gasteiger partial charge on any atom is -0.493 e. The molecule has 1 aromatic heterocycles. The van der Waals surface area contributed by atoms with Gasteiger partial charge in [0.25, 0.3) is 5.56 Å². The fourth-order valence-electron chi connectivity index (χ4n) is 1.76. The monoisotopic (exact) mass is 253 g/mol. The van der Waals surface area contributed by atoms with Gasteiger partial charge in [-0.2, -0.15) is 0 Å². The summed E-state index contributed by atoms with van der Waals surface area (Å²) in [6, 6.07) is 3.52. The molecule has 0 aliphatic carbocycles. The smallest absolute Gasteiger partial charge is 0.267 e. The third-order valence-corrected chi connectivity index (χ3v) is 3.16. The molecule has 1 N–H and O–H groups in total. The second-order valence-electron chi connectivity index (χ2n) is 3.65. The molecule has 2 aromatic rings. The van der Waals surface area contributed by atoms with Gasteiger partial charge in [-0.25, -0.2) is 0 Å². The molecule has 0 bridgehead atoms. The Morgan fingerprint density at radius 3 is 2.35 bits per heavy atom. The van der Waals surface area contributed by atoms with Gasteiger partial charge in [0.05, 0.1) is 19.7 Å². The molecule has 0 aliphatic rings. The molecule has 0 saturated carbocycles. The highest BCUT2D eigenvalue weighted by molar-refractivity contribution is 6.32. The molecule has 0 unspecified atom stereocenters. The van der Waals surface area contributed by atoms with Crippen LogP contribution in [0.2, 0.25) is 5.02 Å². The first-order chi connectivity index (χ1) is 8.08. The predicted octanol–water partition coefficient (Wildman–Crippen LogP) is 2.51. The van der Waals surface area contributed by atoms with Crippen molar-refractivity contribution in [3.63, 3.8) is 0 Å². The van der Waals surface area contributed by atoms with Gasteiger partial charge in [0, 0.05) is 11.5 Å². The molecular formula is C12H12ClNO3. The van der Waals surface area contributed by atoms with Crippen LogP contribution in [0.5, 0.6) is 11.5 Å². The first-order valence-electron chi connectivity index (χ1n) is 5.02. The Labute approximate surface area is 103 Å². The molecule has 1 aromatic carbocycles. The average Bonchev–Trinajstić information content (AvgIpc) is 2.34. The number of benzene rings is 1. The maximum atomic E-state index is 11.5. The molecule has 0 aliphatic heterocycles. The third-order valence-electron chi connectivity index (χ3n) is 2.70. The van der Waals surface area contributed by atoms with E-state index in [2.05, 4.69) is 4.98 Å². The zero-order chi connectivity index (χ0) is 12.6. The van der Waals surface area contributed by atoms with E-state index in [0.717, 1.165) is 10.9 Å². The number of rotatable bonds is 2. The number of H-pyrrole nitrogens is 1. The van der Waals surface area contributed by atoms with Crippen LogP contribution in [0, 0.1) is 6.92 Å². The van der Waals surface area contributed by atoms with E-state index in [1.165, 1.54) is 0 Å². The summed E-state index contributed by atoms with van der Waals surface area (Å²) in [5.74, 6) is 1.17. The van der Waals surface area contributed by atoms with Crippen LogP contribution in [0.1, 0.15) is 5.56 Å². The van der Waals surface area contributed by atoms with Crippen LogP contribution >= 0.6 is 11.6 Å². The quantitative estimate of drug-likeness (QED) is 0.895. The van der Waals surface area contributed by atoms with Gasteiger partial charge in [0.1, 0.15) is 5.02 Å². The molecule has 0 spiro atoms. The maximum Gasteiger partial charge on any atom is 0.267 e. The second kappa shape index (κ2) is 4.30. The molecule has 0 atom stereocenters. The van der Waals surface area contributed by atoms with Crippen molar-refractivity contribution < 1.29 is 9.47 Å². The Morgan fingerprint density at radius 2 is 1.76 bits per heavy atom. The standard InChI is InChI=1S/C12H12ClNO3/c1-6-7-4-9(16-2)10(17-3)5-8(7)14-12(15)11(6)13/h4-5H,1-3H3,(H,14,15). The molecule has 1 heterocycles. The number of aromatic amines is 1. The lowest BCUT2D eigenvalue weighted by molar-refractivity contribution is 0.356. The summed E-state index contributed by atoms with van der Waals surface area (Å²) in [4.78, 5) is 14.3. The number of nitrogens with one attached hydrogen (secondary N) is 1. The molecule has 2 rings (SSSR count). The Kier molecular flexibility index (Phi) is 2.98. The lowest BCUT2D eigenvalue weighted by atomic mass is 10.1. The Bertz CT molecular complexity index is 634. The number of pyridine rings is 1. The van der Waals surface area contributed by atoms with Crippen molar-refractivity contribution in [3.05, 3.63) is 33.1 Å². The van der Waals surface area contributed by atoms with E-state index in [1.54, 1.807) is 33.3 Å². The first-order valence-corrected chi connectivity index (χ1v) is 5.40. The number of aryl methyl sites for hydroxylation is 1. The van der Waals surface area contributed by atoms with Gasteiger partial charge in [-0.05, 0) is 18.6 Å². The number of aromatic nitrogens is 1. The minimum absolute atomic E-state index is 0.199. The molecule has 5 heteroatoms. The molecular weight excluding hydrogens is 242 g/mol.